The second-order valence-electron chi connectivity index (χ2n) is 4.76. The van der Waals surface area contributed by atoms with E-state index in [1.165, 1.54) is 5.56 Å². The molecule has 0 radical (unpaired) electrons. The Morgan fingerprint density at radius 2 is 2.26 bits per heavy atom. The van der Waals surface area contributed by atoms with Crippen LogP contribution in [-0.2, 0) is 6.42 Å². The monoisotopic (exact) mass is 253 g/mol. The maximum atomic E-state index is 11.1. The van der Waals surface area contributed by atoms with Gasteiger partial charge in [-0.05, 0) is 42.2 Å². The molecule has 0 bridgehead atoms. The quantitative estimate of drug-likeness (QED) is 0.789. The molecule has 3 heteroatoms. The molecule has 1 aromatic carbocycles. The van der Waals surface area contributed by atoms with Gasteiger partial charge in [0.05, 0.1) is 18.4 Å². The van der Waals surface area contributed by atoms with Gasteiger partial charge in [-0.25, -0.2) is 0 Å². The molecule has 1 aliphatic rings. The Kier molecular flexibility index (Phi) is 3.03. The van der Waals surface area contributed by atoms with Crippen molar-refractivity contribution in [2.24, 2.45) is 0 Å². The summed E-state index contributed by atoms with van der Waals surface area (Å²) >= 11 is 0. The van der Waals surface area contributed by atoms with Crippen LogP contribution < -0.4 is 4.74 Å². The van der Waals surface area contributed by atoms with Crippen LogP contribution in [0.4, 0.5) is 0 Å². The van der Waals surface area contributed by atoms with E-state index < -0.39 is 0 Å². The van der Waals surface area contributed by atoms with Crippen LogP contribution in [0.1, 0.15) is 39.5 Å². The minimum absolute atomic E-state index is 0.292. The second kappa shape index (κ2) is 4.84. The van der Waals surface area contributed by atoms with E-state index in [-0.39, 0.29) is 0 Å². The van der Waals surface area contributed by atoms with Crippen LogP contribution in [0.2, 0.25) is 0 Å². The highest BCUT2D eigenvalue weighted by atomic mass is 16.5. The van der Waals surface area contributed by atoms with E-state index in [1.807, 2.05) is 30.5 Å². The van der Waals surface area contributed by atoms with Crippen molar-refractivity contribution in [3.8, 4) is 5.75 Å². The van der Waals surface area contributed by atoms with Crippen LogP contribution in [0.5, 0.6) is 5.75 Å². The smallest absolute Gasteiger partial charge is 0.153 e. The SMILES string of the molecule is COc1ccc(C2CCc3cccnc32)cc1C=O. The first-order valence-corrected chi connectivity index (χ1v) is 6.40. The molecule has 0 aliphatic heterocycles. The molecule has 1 unspecified atom stereocenters. The average Bonchev–Trinajstić information content (AvgIpc) is 2.90. The van der Waals surface area contributed by atoms with Gasteiger partial charge in [-0.1, -0.05) is 12.1 Å². The van der Waals surface area contributed by atoms with Crippen LogP contribution in [0.25, 0.3) is 0 Å². The van der Waals surface area contributed by atoms with Gasteiger partial charge in [0.25, 0.3) is 0 Å². The van der Waals surface area contributed by atoms with Crippen molar-refractivity contribution < 1.29 is 9.53 Å². The number of aryl methyl sites for hydroxylation is 1. The van der Waals surface area contributed by atoms with E-state index >= 15 is 0 Å². The zero-order valence-corrected chi connectivity index (χ0v) is 10.8. The van der Waals surface area contributed by atoms with E-state index in [4.69, 9.17) is 4.74 Å². The molecular formula is C16H15NO2. The standard InChI is InChI=1S/C16H15NO2/c1-19-15-7-5-12(9-13(15)10-18)14-6-4-11-3-2-8-17-16(11)14/h2-3,5,7-10,14H,4,6H2,1H3. The Bertz CT molecular complexity index is 622. The highest BCUT2D eigenvalue weighted by molar-refractivity contribution is 5.79. The summed E-state index contributed by atoms with van der Waals surface area (Å²) in [7, 11) is 1.58. The number of rotatable bonds is 3. The Morgan fingerprint density at radius 3 is 3.05 bits per heavy atom. The van der Waals surface area contributed by atoms with E-state index in [0.29, 0.717) is 17.2 Å². The fourth-order valence-electron chi connectivity index (χ4n) is 2.80. The van der Waals surface area contributed by atoms with Gasteiger partial charge in [0.1, 0.15) is 5.75 Å². The third-order valence-electron chi connectivity index (χ3n) is 3.74. The summed E-state index contributed by atoms with van der Waals surface area (Å²) in [5.41, 5.74) is 4.20. The van der Waals surface area contributed by atoms with Crippen LogP contribution in [0.15, 0.2) is 36.5 Å². The number of aromatic nitrogens is 1. The lowest BCUT2D eigenvalue weighted by atomic mass is 9.95. The molecule has 1 aromatic heterocycles. The first-order chi connectivity index (χ1) is 9.33. The van der Waals surface area contributed by atoms with Crippen LogP contribution in [0.3, 0.4) is 0 Å². The summed E-state index contributed by atoms with van der Waals surface area (Å²) < 4.78 is 5.18. The summed E-state index contributed by atoms with van der Waals surface area (Å²) in [5.74, 6) is 0.916. The molecule has 3 rings (SSSR count). The normalized spacial score (nSPS) is 17.0. The van der Waals surface area contributed by atoms with Crippen LogP contribution in [0, 0.1) is 0 Å². The van der Waals surface area contributed by atoms with Crippen molar-refractivity contribution in [2.75, 3.05) is 7.11 Å². The average molecular weight is 253 g/mol. The maximum absolute atomic E-state index is 11.1. The number of nitrogens with zero attached hydrogens (tertiary/aromatic N) is 1. The summed E-state index contributed by atoms with van der Waals surface area (Å²) in [5, 5.41) is 0. The van der Waals surface area contributed by atoms with Gasteiger partial charge in [-0.2, -0.15) is 0 Å². The predicted molar refractivity (Wildman–Crippen MR) is 72.8 cm³/mol. The lowest BCUT2D eigenvalue weighted by molar-refractivity contribution is 0.112. The number of hydrogen-bond donors (Lipinski definition) is 0. The van der Waals surface area contributed by atoms with Crippen molar-refractivity contribution in [3.05, 3.63) is 58.9 Å². The van der Waals surface area contributed by atoms with Crippen molar-refractivity contribution in [1.82, 2.24) is 4.98 Å². The van der Waals surface area contributed by atoms with Gasteiger partial charge in [-0.15, -0.1) is 0 Å². The molecule has 0 N–H and O–H groups in total. The molecular weight excluding hydrogens is 238 g/mol. The molecule has 1 atom stereocenters. The molecule has 0 saturated heterocycles. The molecule has 0 saturated carbocycles. The molecule has 0 amide bonds. The number of methoxy groups -OCH3 is 1. The zero-order valence-electron chi connectivity index (χ0n) is 10.8. The lowest BCUT2D eigenvalue weighted by Crippen LogP contribution is -2.00. The molecule has 0 fully saturated rings. The Morgan fingerprint density at radius 1 is 1.37 bits per heavy atom. The van der Waals surface area contributed by atoms with Crippen molar-refractivity contribution in [1.29, 1.82) is 0 Å². The fraction of sp³-hybridized carbons (Fsp3) is 0.250. The Labute approximate surface area is 112 Å². The minimum atomic E-state index is 0.292. The van der Waals surface area contributed by atoms with Crippen molar-refractivity contribution in [3.63, 3.8) is 0 Å². The Balaban J connectivity index is 2.02. The molecule has 96 valence electrons. The number of carbonyl (C=O) groups excluding carboxylic acids is 1. The number of aldehydes is 1. The van der Waals surface area contributed by atoms with E-state index in [9.17, 15) is 4.79 Å². The predicted octanol–water partition coefficient (Wildman–Crippen LogP) is 2.98. The topological polar surface area (TPSA) is 39.2 Å². The second-order valence-corrected chi connectivity index (χ2v) is 4.76. The lowest BCUT2D eigenvalue weighted by Gasteiger charge is -2.13. The molecule has 1 aliphatic carbocycles. The molecule has 0 spiro atoms. The van der Waals surface area contributed by atoms with E-state index in [2.05, 4.69) is 11.1 Å². The van der Waals surface area contributed by atoms with Gasteiger partial charge in [0, 0.05) is 12.1 Å². The van der Waals surface area contributed by atoms with Crippen molar-refractivity contribution >= 4 is 6.29 Å². The third-order valence-corrected chi connectivity index (χ3v) is 3.74. The highest BCUT2D eigenvalue weighted by Gasteiger charge is 2.25. The largest absolute Gasteiger partial charge is 0.496 e. The molecule has 1 heterocycles. The molecule has 3 nitrogen and oxygen atoms in total. The summed E-state index contributed by atoms with van der Waals surface area (Å²) in [6, 6.07) is 9.92. The van der Waals surface area contributed by atoms with E-state index in [1.54, 1.807) is 7.11 Å². The molecule has 19 heavy (non-hydrogen) atoms. The van der Waals surface area contributed by atoms with Gasteiger partial charge >= 0.3 is 0 Å². The third kappa shape index (κ3) is 2.01. The zero-order chi connectivity index (χ0) is 13.2. The summed E-state index contributed by atoms with van der Waals surface area (Å²) in [6.07, 6.45) is 4.78. The van der Waals surface area contributed by atoms with Gasteiger partial charge in [-0.3, -0.25) is 9.78 Å². The first kappa shape index (κ1) is 11.9. The Hall–Kier alpha value is -2.16. The fourth-order valence-corrected chi connectivity index (χ4v) is 2.80. The summed E-state index contributed by atoms with van der Waals surface area (Å²) in [4.78, 5) is 15.6. The number of ether oxygens (including phenoxy) is 1. The number of carbonyl (C=O) groups is 1. The van der Waals surface area contributed by atoms with Crippen LogP contribution >= 0.6 is 0 Å². The van der Waals surface area contributed by atoms with Gasteiger partial charge in [0.2, 0.25) is 0 Å². The maximum Gasteiger partial charge on any atom is 0.153 e. The molecule has 2 aromatic rings. The number of pyridine rings is 1. The number of hydrogen-bond acceptors (Lipinski definition) is 3. The summed E-state index contributed by atoms with van der Waals surface area (Å²) in [6.45, 7) is 0. The first-order valence-electron chi connectivity index (χ1n) is 6.40. The minimum Gasteiger partial charge on any atom is -0.496 e. The van der Waals surface area contributed by atoms with Crippen molar-refractivity contribution in [2.45, 2.75) is 18.8 Å². The highest BCUT2D eigenvalue weighted by Crippen LogP contribution is 2.37. The van der Waals surface area contributed by atoms with E-state index in [0.717, 1.165) is 30.4 Å². The van der Waals surface area contributed by atoms with Gasteiger partial charge < -0.3 is 4.74 Å². The number of benzene rings is 1. The number of fused-ring (bicyclic) bond motifs is 1. The van der Waals surface area contributed by atoms with Gasteiger partial charge in [0.15, 0.2) is 6.29 Å². The van der Waals surface area contributed by atoms with Crippen LogP contribution in [-0.4, -0.2) is 18.4 Å².